The topological polar surface area (TPSA) is 109 Å². The molecule has 1 unspecified atom stereocenters. The molecule has 1 aliphatic rings. The first-order chi connectivity index (χ1) is 13.8. The van der Waals surface area contributed by atoms with Gasteiger partial charge in [-0.15, -0.1) is 0 Å². The zero-order valence-electron chi connectivity index (χ0n) is 16.7. The summed E-state index contributed by atoms with van der Waals surface area (Å²) in [7, 11) is -1.70. The number of benzene rings is 1. The van der Waals surface area contributed by atoms with E-state index in [9.17, 15) is 8.76 Å². The first-order valence-electron chi connectivity index (χ1n) is 9.38. The lowest BCUT2D eigenvalue weighted by molar-refractivity contribution is 0.502. The van der Waals surface area contributed by atoms with Gasteiger partial charge < -0.3 is 10.6 Å². The average Bonchev–Trinajstić information content (AvgIpc) is 2.94. The smallest absolute Gasteiger partial charge is 0.347 e. The number of nitrogens with one attached hydrogen (secondary N) is 1. The molecule has 8 nitrogen and oxygen atoms in total. The maximum absolute atomic E-state index is 12.9. The summed E-state index contributed by atoms with van der Waals surface area (Å²) in [5, 5.41) is 4.27. The van der Waals surface area contributed by atoms with Gasteiger partial charge in [-0.05, 0) is 47.7 Å². The van der Waals surface area contributed by atoms with Crippen molar-refractivity contribution in [1.29, 1.82) is 0 Å². The largest absolute Gasteiger partial charge is 0.398 e. The maximum Gasteiger partial charge on any atom is 0.347 e. The van der Waals surface area contributed by atoms with Gasteiger partial charge in [0, 0.05) is 31.9 Å². The summed E-state index contributed by atoms with van der Waals surface area (Å²) in [6.45, 7) is 5.16. The van der Waals surface area contributed by atoms with Gasteiger partial charge in [0.25, 0.3) is 0 Å². The van der Waals surface area contributed by atoms with E-state index in [1.165, 1.54) is 17.3 Å². The lowest BCUT2D eigenvalue weighted by Gasteiger charge is -2.30. The quantitative estimate of drug-likeness (QED) is 0.448. The Morgan fingerprint density at radius 2 is 2.03 bits per heavy atom. The van der Waals surface area contributed by atoms with Crippen molar-refractivity contribution < 1.29 is 8.76 Å². The van der Waals surface area contributed by atoms with Crippen molar-refractivity contribution in [3.63, 3.8) is 0 Å². The zero-order chi connectivity index (χ0) is 20.8. The number of nitrogens with two attached hydrogens (primary N) is 1. The predicted octanol–water partition coefficient (Wildman–Crippen LogP) is 2.94. The Balaban J connectivity index is 1.54. The Labute approximate surface area is 171 Å². The maximum atomic E-state index is 12.9. The summed E-state index contributed by atoms with van der Waals surface area (Å²) in [6.07, 6.45) is 2.31. The first-order valence-corrected chi connectivity index (χ1v) is 10.9. The lowest BCUT2D eigenvalue weighted by Crippen LogP contribution is -2.31. The minimum atomic E-state index is -3.50. The van der Waals surface area contributed by atoms with Crippen LogP contribution in [0, 0.1) is 13.8 Å². The van der Waals surface area contributed by atoms with Gasteiger partial charge in [-0.2, -0.15) is 14.4 Å². The van der Waals surface area contributed by atoms with E-state index in [0.29, 0.717) is 17.9 Å². The Hall–Kier alpha value is -2.91. The molecule has 0 spiro atoms. The Bertz CT molecular complexity index is 1110. The normalized spacial score (nSPS) is 15.7. The van der Waals surface area contributed by atoms with Crippen LogP contribution in [0.3, 0.4) is 0 Å². The van der Waals surface area contributed by atoms with Crippen LogP contribution in [0.25, 0.3) is 0 Å². The molecule has 0 fully saturated rings. The molecule has 1 aliphatic heterocycles. The van der Waals surface area contributed by atoms with Crippen molar-refractivity contribution >= 4 is 27.6 Å². The molecule has 0 radical (unpaired) electrons. The molecule has 0 aliphatic carbocycles. The highest BCUT2D eigenvalue weighted by molar-refractivity contribution is 7.99. The summed E-state index contributed by atoms with van der Waals surface area (Å²) >= 11 is 0. The molecule has 0 amide bonds. The second-order valence-electron chi connectivity index (χ2n) is 7.31. The molecule has 1 atom stereocenters. The molecule has 152 valence electrons. The number of nitrogen functional groups attached to an aromatic ring is 1. The molecule has 2 aromatic heterocycles. The van der Waals surface area contributed by atoms with E-state index in [4.69, 9.17) is 5.73 Å². The molecule has 3 aromatic rings. The third-order valence-electron chi connectivity index (χ3n) is 5.42. The molecule has 9 heteroatoms. The Kier molecular flexibility index (Phi) is 4.79. The van der Waals surface area contributed by atoms with Crippen LogP contribution in [0.2, 0.25) is 0 Å². The summed E-state index contributed by atoms with van der Waals surface area (Å²) in [5.74, 6) is 0.769. The van der Waals surface area contributed by atoms with Crippen molar-refractivity contribution in [1.82, 2.24) is 14.8 Å². The van der Waals surface area contributed by atoms with Crippen LogP contribution in [0.15, 0.2) is 41.4 Å². The first kappa shape index (κ1) is 19.4. The van der Waals surface area contributed by atoms with Crippen LogP contribution < -0.4 is 15.4 Å². The van der Waals surface area contributed by atoms with Crippen LogP contribution in [0.5, 0.6) is 0 Å². The van der Waals surface area contributed by atoms with E-state index in [1.54, 1.807) is 30.8 Å². The van der Waals surface area contributed by atoms with E-state index in [2.05, 4.69) is 25.8 Å². The fourth-order valence-electron chi connectivity index (χ4n) is 3.68. The zero-order valence-corrected chi connectivity index (χ0v) is 17.5. The van der Waals surface area contributed by atoms with Crippen LogP contribution >= 0.6 is 0 Å². The van der Waals surface area contributed by atoms with Gasteiger partial charge in [0.15, 0.2) is 0 Å². The number of aryl methyl sites for hydroxylation is 2. The van der Waals surface area contributed by atoms with Gasteiger partial charge in [-0.25, -0.2) is 4.98 Å². The third kappa shape index (κ3) is 3.58. The number of aromatic nitrogens is 3. The Morgan fingerprint density at radius 3 is 2.69 bits per heavy atom. The highest BCUT2D eigenvalue weighted by Gasteiger charge is 2.33. The second-order valence-corrected chi connectivity index (χ2v) is 9.03. The Morgan fingerprint density at radius 1 is 1.24 bits per heavy atom. The van der Waals surface area contributed by atoms with Crippen molar-refractivity contribution in [3.05, 3.63) is 59.0 Å². The van der Waals surface area contributed by atoms with Crippen molar-refractivity contribution in [2.45, 2.75) is 31.7 Å². The summed E-state index contributed by atoms with van der Waals surface area (Å²) < 4.78 is 27.9. The fraction of sp³-hybridized carbons (Fsp3) is 0.300. The molecule has 4 N–H and O–H groups in total. The number of pyridine rings is 1. The van der Waals surface area contributed by atoms with Gasteiger partial charge in [0.2, 0.25) is 4.90 Å². The van der Waals surface area contributed by atoms with E-state index in [0.717, 1.165) is 30.2 Å². The van der Waals surface area contributed by atoms with Crippen molar-refractivity contribution in [2.24, 2.45) is 7.05 Å². The summed E-state index contributed by atoms with van der Waals surface area (Å²) in [5.41, 5.74) is 11.3. The number of hydrogen-bond donors (Lipinski definition) is 3. The molecule has 0 saturated carbocycles. The predicted molar refractivity (Wildman–Crippen MR) is 115 cm³/mol. The number of fused-ring (bicyclic) bond motifs is 1. The molecule has 0 saturated heterocycles. The SMILES string of the molecule is Cc1nn(C)c(C)c1N[S+](=O)(O)c1ccc(N2CCc3c(N)cccc3C2)nc1. The minimum absolute atomic E-state index is 0.227. The van der Waals surface area contributed by atoms with Crippen LogP contribution in [-0.2, 0) is 34.6 Å². The molecule has 1 aromatic carbocycles. The summed E-state index contributed by atoms with van der Waals surface area (Å²) in [4.78, 5) is 6.82. The highest BCUT2D eigenvalue weighted by Crippen LogP contribution is 2.29. The third-order valence-corrected chi connectivity index (χ3v) is 6.78. The summed E-state index contributed by atoms with van der Waals surface area (Å²) in [6, 6.07) is 9.40. The molecular formula is C20H25N6O2S+. The van der Waals surface area contributed by atoms with Crippen LogP contribution in [-0.4, -0.2) is 25.9 Å². The van der Waals surface area contributed by atoms with Crippen molar-refractivity contribution in [2.75, 3.05) is 21.9 Å². The molecule has 0 bridgehead atoms. The molecule has 4 rings (SSSR count). The van der Waals surface area contributed by atoms with Gasteiger partial charge in [0.1, 0.15) is 11.5 Å². The van der Waals surface area contributed by atoms with Crippen molar-refractivity contribution in [3.8, 4) is 0 Å². The minimum Gasteiger partial charge on any atom is -0.398 e. The molecular weight excluding hydrogens is 388 g/mol. The second kappa shape index (κ2) is 7.16. The number of nitrogens with zero attached hydrogens (tertiary/aromatic N) is 4. The van der Waals surface area contributed by atoms with Gasteiger partial charge in [-0.1, -0.05) is 12.1 Å². The number of hydrogen-bond acceptors (Lipinski definition) is 5. The average molecular weight is 414 g/mol. The number of rotatable bonds is 4. The van der Waals surface area contributed by atoms with Crippen LogP contribution in [0.4, 0.5) is 17.2 Å². The van der Waals surface area contributed by atoms with E-state index < -0.39 is 10.4 Å². The van der Waals surface area contributed by atoms with Gasteiger partial charge in [0.05, 0.1) is 17.6 Å². The highest BCUT2D eigenvalue weighted by atomic mass is 32.3. The van der Waals surface area contributed by atoms with Gasteiger partial charge in [-0.3, -0.25) is 4.68 Å². The molecule has 3 heterocycles. The lowest BCUT2D eigenvalue weighted by atomic mass is 9.98. The van der Waals surface area contributed by atoms with E-state index >= 15 is 0 Å². The number of anilines is 3. The molecule has 29 heavy (non-hydrogen) atoms. The van der Waals surface area contributed by atoms with Gasteiger partial charge >= 0.3 is 10.4 Å². The fourth-order valence-corrected chi connectivity index (χ4v) is 4.81. The van der Waals surface area contributed by atoms with Crippen LogP contribution in [0.1, 0.15) is 22.5 Å². The monoisotopic (exact) mass is 413 g/mol. The van der Waals surface area contributed by atoms with E-state index in [-0.39, 0.29) is 4.90 Å². The standard InChI is InChI=1S/C20H24N6O2S/c1-13-20(14(2)25(3)23-13)24-29(27,28)16-7-8-19(22-11-16)26-10-9-17-15(12-26)5-4-6-18(17)21/h4-8,11H,9-10,12,21H2,1-3H3,(H-,24,27,28)/p+1. The van der Waals surface area contributed by atoms with E-state index in [1.807, 2.05) is 19.1 Å².